The van der Waals surface area contributed by atoms with Crippen molar-refractivity contribution in [3.63, 3.8) is 0 Å². The van der Waals surface area contributed by atoms with Gasteiger partial charge in [0.25, 0.3) is 0 Å². The van der Waals surface area contributed by atoms with Crippen molar-refractivity contribution in [3.8, 4) is 0 Å². The van der Waals surface area contributed by atoms with Crippen molar-refractivity contribution >= 4 is 15.9 Å². The van der Waals surface area contributed by atoms with E-state index in [1.807, 2.05) is 0 Å². The van der Waals surface area contributed by atoms with Crippen LogP contribution in [-0.4, -0.2) is 21.5 Å². The standard InChI is InChI=1S/C6H7BrF2N2O/c1-11-4(2-5(7)10-11)6(8,9)3-12/h2,12H,3H2,1H3. The molecule has 0 saturated carbocycles. The maximum atomic E-state index is 12.8. The van der Waals surface area contributed by atoms with Gasteiger partial charge >= 0.3 is 5.92 Å². The van der Waals surface area contributed by atoms with Gasteiger partial charge in [0, 0.05) is 13.1 Å². The van der Waals surface area contributed by atoms with Gasteiger partial charge in [0.15, 0.2) is 0 Å². The van der Waals surface area contributed by atoms with Crippen molar-refractivity contribution in [1.29, 1.82) is 0 Å². The number of aryl methyl sites for hydroxylation is 1. The number of halogens is 3. The summed E-state index contributed by atoms with van der Waals surface area (Å²) in [6.45, 7) is -1.21. The van der Waals surface area contributed by atoms with E-state index in [1.165, 1.54) is 13.1 Å². The molecule has 0 spiro atoms. The second kappa shape index (κ2) is 3.10. The highest BCUT2D eigenvalue weighted by Gasteiger charge is 2.34. The molecule has 1 heterocycles. The van der Waals surface area contributed by atoms with Gasteiger partial charge in [-0.05, 0) is 15.9 Å². The van der Waals surface area contributed by atoms with Crippen LogP contribution in [0.5, 0.6) is 0 Å². The summed E-state index contributed by atoms with van der Waals surface area (Å²) >= 11 is 2.96. The molecule has 0 aliphatic carbocycles. The Bertz CT molecular complexity index is 287. The van der Waals surface area contributed by atoms with Crippen molar-refractivity contribution in [3.05, 3.63) is 16.4 Å². The Kier molecular flexibility index (Phi) is 2.48. The number of nitrogens with zero attached hydrogens (tertiary/aromatic N) is 2. The Morgan fingerprint density at radius 1 is 1.75 bits per heavy atom. The zero-order chi connectivity index (χ0) is 9.35. The number of aliphatic hydroxyl groups is 1. The predicted molar refractivity (Wildman–Crippen MR) is 41.9 cm³/mol. The van der Waals surface area contributed by atoms with Gasteiger partial charge in [-0.3, -0.25) is 4.68 Å². The zero-order valence-corrected chi connectivity index (χ0v) is 7.85. The lowest BCUT2D eigenvalue weighted by molar-refractivity contribution is -0.0620. The summed E-state index contributed by atoms with van der Waals surface area (Å²) in [5.41, 5.74) is -0.308. The van der Waals surface area contributed by atoms with E-state index in [2.05, 4.69) is 21.0 Å². The highest BCUT2D eigenvalue weighted by Crippen LogP contribution is 2.28. The third-order valence-electron chi connectivity index (χ3n) is 1.42. The number of alkyl halides is 2. The first-order valence-electron chi connectivity index (χ1n) is 3.16. The van der Waals surface area contributed by atoms with Crippen LogP contribution >= 0.6 is 15.9 Å². The van der Waals surface area contributed by atoms with Crippen LogP contribution in [0, 0.1) is 0 Å². The average molecular weight is 241 g/mol. The monoisotopic (exact) mass is 240 g/mol. The van der Waals surface area contributed by atoms with Crippen LogP contribution in [0.4, 0.5) is 8.78 Å². The first kappa shape index (κ1) is 9.60. The Morgan fingerprint density at radius 2 is 2.33 bits per heavy atom. The molecule has 6 heteroatoms. The van der Waals surface area contributed by atoms with E-state index in [0.29, 0.717) is 4.60 Å². The minimum absolute atomic E-state index is 0.308. The fraction of sp³-hybridized carbons (Fsp3) is 0.500. The molecule has 0 bridgehead atoms. The molecule has 0 aliphatic heterocycles. The molecular formula is C6H7BrF2N2O. The molecule has 0 radical (unpaired) electrons. The first-order valence-corrected chi connectivity index (χ1v) is 3.95. The lowest BCUT2D eigenvalue weighted by Gasteiger charge is -2.12. The molecule has 0 unspecified atom stereocenters. The van der Waals surface area contributed by atoms with E-state index in [0.717, 1.165) is 4.68 Å². The van der Waals surface area contributed by atoms with Gasteiger partial charge in [-0.1, -0.05) is 0 Å². The van der Waals surface area contributed by atoms with E-state index in [9.17, 15) is 8.78 Å². The Hall–Kier alpha value is -0.490. The number of hydrogen-bond acceptors (Lipinski definition) is 2. The summed E-state index contributed by atoms with van der Waals surface area (Å²) in [6.07, 6.45) is 0. The molecule has 1 aromatic rings. The van der Waals surface area contributed by atoms with E-state index in [4.69, 9.17) is 5.11 Å². The number of hydrogen-bond donors (Lipinski definition) is 1. The van der Waals surface area contributed by atoms with Crippen LogP contribution in [0.15, 0.2) is 10.7 Å². The van der Waals surface area contributed by atoms with Gasteiger partial charge in [-0.15, -0.1) is 0 Å². The smallest absolute Gasteiger partial charge is 0.311 e. The largest absolute Gasteiger partial charge is 0.390 e. The molecule has 12 heavy (non-hydrogen) atoms. The summed E-state index contributed by atoms with van der Waals surface area (Å²) in [6, 6.07) is 1.18. The fourth-order valence-electron chi connectivity index (χ4n) is 0.856. The van der Waals surface area contributed by atoms with Crippen LogP contribution in [0.3, 0.4) is 0 Å². The number of rotatable bonds is 2. The van der Waals surface area contributed by atoms with Crippen LogP contribution in [0.25, 0.3) is 0 Å². The second-order valence-electron chi connectivity index (χ2n) is 2.34. The summed E-state index contributed by atoms with van der Waals surface area (Å²) in [7, 11) is 1.39. The Morgan fingerprint density at radius 3 is 2.67 bits per heavy atom. The molecule has 1 aromatic heterocycles. The molecule has 1 rings (SSSR count). The van der Waals surface area contributed by atoms with Crippen LogP contribution < -0.4 is 0 Å². The summed E-state index contributed by atoms with van der Waals surface area (Å²) < 4.78 is 27.0. The first-order chi connectivity index (χ1) is 5.47. The Balaban J connectivity index is 3.09. The van der Waals surface area contributed by atoms with Crippen molar-refractivity contribution in [2.45, 2.75) is 5.92 Å². The lowest BCUT2D eigenvalue weighted by atomic mass is 10.2. The number of aliphatic hydroxyl groups excluding tert-OH is 1. The van der Waals surface area contributed by atoms with Gasteiger partial charge in [0.2, 0.25) is 0 Å². The van der Waals surface area contributed by atoms with Crippen molar-refractivity contribution in [2.24, 2.45) is 7.05 Å². The average Bonchev–Trinajstić information content (AvgIpc) is 2.31. The third-order valence-corrected chi connectivity index (χ3v) is 1.81. The maximum Gasteiger partial charge on any atom is 0.311 e. The summed E-state index contributed by atoms with van der Waals surface area (Å²) in [5, 5.41) is 12.0. The quantitative estimate of drug-likeness (QED) is 0.846. The van der Waals surface area contributed by atoms with Crippen LogP contribution in [0.2, 0.25) is 0 Å². The molecule has 0 fully saturated rings. The van der Waals surface area contributed by atoms with Gasteiger partial charge < -0.3 is 5.11 Å². The van der Waals surface area contributed by atoms with E-state index in [1.54, 1.807) is 0 Å². The topological polar surface area (TPSA) is 38.0 Å². The SMILES string of the molecule is Cn1nc(Br)cc1C(F)(F)CO. The van der Waals surface area contributed by atoms with Gasteiger partial charge in [-0.25, -0.2) is 0 Å². The van der Waals surface area contributed by atoms with Gasteiger partial charge in [-0.2, -0.15) is 13.9 Å². The van der Waals surface area contributed by atoms with E-state index in [-0.39, 0.29) is 5.69 Å². The van der Waals surface area contributed by atoms with E-state index >= 15 is 0 Å². The summed E-state index contributed by atoms with van der Waals surface area (Å²) in [4.78, 5) is 0. The van der Waals surface area contributed by atoms with Gasteiger partial charge in [0.05, 0.1) is 0 Å². The molecule has 68 valence electrons. The van der Waals surface area contributed by atoms with Crippen molar-refractivity contribution < 1.29 is 13.9 Å². The third kappa shape index (κ3) is 1.64. The molecule has 0 aromatic carbocycles. The highest BCUT2D eigenvalue weighted by molar-refractivity contribution is 9.10. The molecular weight excluding hydrogens is 234 g/mol. The van der Waals surface area contributed by atoms with Crippen LogP contribution in [-0.2, 0) is 13.0 Å². The molecule has 0 atom stereocenters. The van der Waals surface area contributed by atoms with E-state index < -0.39 is 12.5 Å². The normalized spacial score (nSPS) is 12.1. The highest BCUT2D eigenvalue weighted by atomic mass is 79.9. The van der Waals surface area contributed by atoms with Crippen molar-refractivity contribution in [2.75, 3.05) is 6.61 Å². The number of aromatic nitrogens is 2. The predicted octanol–water partition coefficient (Wildman–Crippen LogP) is 1.27. The maximum absolute atomic E-state index is 12.8. The minimum Gasteiger partial charge on any atom is -0.390 e. The minimum atomic E-state index is -3.23. The van der Waals surface area contributed by atoms with Gasteiger partial charge in [0.1, 0.15) is 16.9 Å². The molecule has 0 amide bonds. The molecule has 0 aliphatic rings. The molecule has 1 N–H and O–H groups in total. The zero-order valence-electron chi connectivity index (χ0n) is 6.26. The lowest BCUT2D eigenvalue weighted by Crippen LogP contribution is -2.22. The molecule has 0 saturated heterocycles. The summed E-state index contributed by atoms with van der Waals surface area (Å²) in [5.74, 6) is -3.23. The Labute approximate surface area is 76.1 Å². The second-order valence-corrected chi connectivity index (χ2v) is 3.15. The van der Waals surface area contributed by atoms with Crippen molar-refractivity contribution in [1.82, 2.24) is 9.78 Å². The van der Waals surface area contributed by atoms with Crippen LogP contribution in [0.1, 0.15) is 5.69 Å². The molecule has 3 nitrogen and oxygen atoms in total. The fourth-order valence-corrected chi connectivity index (χ4v) is 1.31.